The van der Waals surface area contributed by atoms with Crippen LogP contribution >= 0.6 is 0 Å². The molecule has 0 aliphatic heterocycles. The summed E-state index contributed by atoms with van der Waals surface area (Å²) in [6, 6.07) is 0. The highest BCUT2D eigenvalue weighted by Gasteiger charge is 2.70. The Morgan fingerprint density at radius 3 is 2.30 bits per heavy atom. The van der Waals surface area contributed by atoms with Gasteiger partial charge in [0.1, 0.15) is 6.54 Å². The van der Waals surface area contributed by atoms with Crippen LogP contribution in [0.15, 0.2) is 0 Å². The molecule has 0 radical (unpaired) electrons. The standard InChI is InChI=1S/C30H51NO6/c1-7-19-22-13-18(32)10-11-28(22,4)23-14-24(33)29(5)20(8-9-21(29)26(23)30(19,6)37)16(2)12-17(3)27(36)31-15-25(34)35/h16-24,26,32-33,37H,7-15H2,1-6H3,(H,31,36)(H,34,35)/t16-,17+,18+,19+,20+,21?,22-,23?,24-,26?,28-,29+,30+/m0/s1. The second-order valence-corrected chi connectivity index (χ2v) is 14.0. The van der Waals surface area contributed by atoms with E-state index in [2.05, 4.69) is 33.0 Å². The van der Waals surface area contributed by atoms with Crippen molar-refractivity contribution in [2.75, 3.05) is 6.54 Å². The smallest absolute Gasteiger partial charge is 0.322 e. The van der Waals surface area contributed by atoms with E-state index >= 15 is 0 Å². The van der Waals surface area contributed by atoms with Crippen molar-refractivity contribution in [2.45, 2.75) is 111 Å². The fourth-order valence-electron chi connectivity index (χ4n) is 10.6. The minimum Gasteiger partial charge on any atom is -0.480 e. The van der Waals surface area contributed by atoms with Crippen LogP contribution in [0.2, 0.25) is 0 Å². The van der Waals surface area contributed by atoms with Gasteiger partial charge in [0, 0.05) is 5.92 Å². The van der Waals surface area contributed by atoms with E-state index in [-0.39, 0.29) is 76.7 Å². The van der Waals surface area contributed by atoms with Crippen molar-refractivity contribution in [3.05, 3.63) is 0 Å². The molecular weight excluding hydrogens is 470 g/mol. The Bertz CT molecular complexity index is 876. The Balaban J connectivity index is 1.61. The van der Waals surface area contributed by atoms with Gasteiger partial charge in [-0.3, -0.25) is 9.59 Å². The van der Waals surface area contributed by atoms with Crippen molar-refractivity contribution in [1.82, 2.24) is 5.32 Å². The first-order valence-electron chi connectivity index (χ1n) is 14.8. The van der Waals surface area contributed by atoms with E-state index in [1.54, 1.807) is 0 Å². The van der Waals surface area contributed by atoms with Crippen LogP contribution in [-0.2, 0) is 9.59 Å². The Hall–Kier alpha value is -1.18. The van der Waals surface area contributed by atoms with E-state index < -0.39 is 17.7 Å². The number of aliphatic hydroxyl groups excluding tert-OH is 2. The quantitative estimate of drug-likeness (QED) is 0.346. The van der Waals surface area contributed by atoms with Crippen LogP contribution in [0.3, 0.4) is 0 Å². The molecule has 0 saturated heterocycles. The maximum Gasteiger partial charge on any atom is 0.322 e. The number of hydrogen-bond acceptors (Lipinski definition) is 5. The number of nitrogens with one attached hydrogen (secondary N) is 1. The highest BCUT2D eigenvalue weighted by Crippen LogP contribution is 2.71. The molecule has 7 heteroatoms. The predicted octanol–water partition coefficient (Wildman–Crippen LogP) is 3.84. The molecule has 4 rings (SSSR count). The predicted molar refractivity (Wildman–Crippen MR) is 141 cm³/mol. The van der Waals surface area contributed by atoms with Crippen molar-refractivity contribution in [1.29, 1.82) is 0 Å². The first-order chi connectivity index (χ1) is 17.2. The van der Waals surface area contributed by atoms with Gasteiger partial charge in [-0.2, -0.15) is 0 Å². The van der Waals surface area contributed by atoms with Gasteiger partial charge in [0.15, 0.2) is 0 Å². The van der Waals surface area contributed by atoms with E-state index in [1.165, 1.54) is 0 Å². The highest BCUT2D eigenvalue weighted by atomic mass is 16.4. The molecule has 1 amide bonds. The topological polar surface area (TPSA) is 127 Å². The molecule has 7 nitrogen and oxygen atoms in total. The number of aliphatic carboxylic acids is 1. The molecule has 37 heavy (non-hydrogen) atoms. The Kier molecular flexibility index (Phi) is 7.86. The van der Waals surface area contributed by atoms with Crippen LogP contribution in [0.5, 0.6) is 0 Å². The summed E-state index contributed by atoms with van der Waals surface area (Å²) in [5, 5.41) is 46.1. The van der Waals surface area contributed by atoms with Crippen LogP contribution in [0.25, 0.3) is 0 Å². The molecular formula is C30H51NO6. The lowest BCUT2D eigenvalue weighted by atomic mass is 9.38. The second kappa shape index (κ2) is 10.1. The van der Waals surface area contributed by atoms with Gasteiger partial charge in [0.25, 0.3) is 0 Å². The number of aliphatic hydroxyl groups is 3. The number of amides is 1. The SMILES string of the molecule is CC[C@@H]1[C@@H]2C[C@H](O)CC[C@]2(C)C2C[C@H](O)[C@@]3(C)C(CC[C@@H]3[C@@H](C)C[C@@H](C)C(=O)NCC(=O)O)C2[C@]1(C)O. The summed E-state index contributed by atoms with van der Waals surface area (Å²) >= 11 is 0. The molecule has 4 aliphatic rings. The maximum absolute atomic E-state index is 12.5. The van der Waals surface area contributed by atoms with Gasteiger partial charge in [-0.05, 0) is 104 Å². The van der Waals surface area contributed by atoms with Crippen LogP contribution in [0.1, 0.15) is 92.9 Å². The van der Waals surface area contributed by atoms with Gasteiger partial charge in [-0.25, -0.2) is 0 Å². The van der Waals surface area contributed by atoms with Crippen LogP contribution < -0.4 is 5.32 Å². The van der Waals surface area contributed by atoms with E-state index in [9.17, 15) is 24.9 Å². The van der Waals surface area contributed by atoms with Gasteiger partial charge in [-0.15, -0.1) is 0 Å². The van der Waals surface area contributed by atoms with Gasteiger partial charge in [0.05, 0.1) is 17.8 Å². The molecule has 3 unspecified atom stereocenters. The average molecular weight is 522 g/mol. The molecule has 5 N–H and O–H groups in total. The van der Waals surface area contributed by atoms with E-state index in [4.69, 9.17) is 5.11 Å². The molecule has 0 aromatic rings. The highest BCUT2D eigenvalue weighted by molar-refractivity contribution is 5.82. The number of rotatable bonds is 7. The zero-order valence-corrected chi connectivity index (χ0v) is 23.7. The average Bonchev–Trinajstić information content (AvgIpc) is 3.17. The molecule has 0 aromatic carbocycles. The van der Waals surface area contributed by atoms with Gasteiger partial charge in [-0.1, -0.05) is 41.0 Å². The van der Waals surface area contributed by atoms with Crippen molar-refractivity contribution >= 4 is 11.9 Å². The lowest BCUT2D eigenvalue weighted by molar-refractivity contribution is -0.263. The zero-order valence-electron chi connectivity index (χ0n) is 23.7. The number of fused-ring (bicyclic) bond motifs is 5. The molecule has 0 aromatic heterocycles. The van der Waals surface area contributed by atoms with Crippen molar-refractivity contribution < 1.29 is 30.0 Å². The summed E-state index contributed by atoms with van der Waals surface area (Å²) in [6.07, 6.45) is 5.88. The fraction of sp³-hybridized carbons (Fsp3) is 0.933. The Labute approximate surface area is 222 Å². The molecule has 13 atom stereocenters. The Morgan fingerprint density at radius 1 is 1.00 bits per heavy atom. The Morgan fingerprint density at radius 2 is 1.68 bits per heavy atom. The summed E-state index contributed by atoms with van der Waals surface area (Å²) in [7, 11) is 0. The van der Waals surface area contributed by atoms with Crippen LogP contribution in [0.4, 0.5) is 0 Å². The summed E-state index contributed by atoms with van der Waals surface area (Å²) in [6.45, 7) is 12.5. The molecule has 4 fully saturated rings. The first kappa shape index (κ1) is 28.8. The van der Waals surface area contributed by atoms with E-state index in [0.29, 0.717) is 12.8 Å². The molecule has 212 valence electrons. The monoisotopic (exact) mass is 521 g/mol. The third-order valence-corrected chi connectivity index (χ3v) is 12.3. The van der Waals surface area contributed by atoms with Crippen molar-refractivity contribution in [3.8, 4) is 0 Å². The first-order valence-corrected chi connectivity index (χ1v) is 14.8. The van der Waals surface area contributed by atoms with Crippen molar-refractivity contribution in [2.24, 2.45) is 58.2 Å². The fourth-order valence-corrected chi connectivity index (χ4v) is 10.6. The largest absolute Gasteiger partial charge is 0.480 e. The normalized spacial score (nSPS) is 48.8. The molecule has 4 saturated carbocycles. The van der Waals surface area contributed by atoms with E-state index in [0.717, 1.165) is 38.5 Å². The summed E-state index contributed by atoms with van der Waals surface area (Å²) < 4.78 is 0. The minimum absolute atomic E-state index is 0.00949. The van der Waals surface area contributed by atoms with Crippen LogP contribution in [-0.4, -0.2) is 56.7 Å². The number of carbonyl (C=O) groups excluding carboxylic acids is 1. The van der Waals surface area contributed by atoms with E-state index in [1.807, 2.05) is 13.8 Å². The molecule has 0 spiro atoms. The zero-order chi connectivity index (χ0) is 27.5. The maximum atomic E-state index is 12.5. The number of carboxylic acids is 1. The summed E-state index contributed by atoms with van der Waals surface area (Å²) in [5.41, 5.74) is -1.18. The third-order valence-electron chi connectivity index (χ3n) is 12.3. The third kappa shape index (κ3) is 4.55. The second-order valence-electron chi connectivity index (χ2n) is 14.0. The lowest BCUT2D eigenvalue weighted by Gasteiger charge is -2.68. The number of carbonyl (C=O) groups is 2. The lowest BCUT2D eigenvalue weighted by Crippen LogP contribution is -2.69. The number of carboxylic acid groups (broad SMARTS) is 1. The van der Waals surface area contributed by atoms with Gasteiger partial charge < -0.3 is 25.7 Å². The van der Waals surface area contributed by atoms with Gasteiger partial charge in [0.2, 0.25) is 5.91 Å². The minimum atomic E-state index is -1.05. The van der Waals surface area contributed by atoms with Gasteiger partial charge >= 0.3 is 5.97 Å². The molecule has 0 bridgehead atoms. The molecule has 4 aliphatic carbocycles. The number of hydrogen-bond donors (Lipinski definition) is 5. The van der Waals surface area contributed by atoms with Crippen molar-refractivity contribution in [3.63, 3.8) is 0 Å². The summed E-state index contributed by atoms with van der Waals surface area (Å²) in [4.78, 5) is 23.3. The molecule has 0 heterocycles. The van der Waals surface area contributed by atoms with Crippen LogP contribution in [0, 0.1) is 58.2 Å². The summed E-state index contributed by atoms with van der Waals surface area (Å²) in [5.74, 6) is -0.238.